The summed E-state index contributed by atoms with van der Waals surface area (Å²) < 4.78 is 35.8. The van der Waals surface area contributed by atoms with Crippen LogP contribution in [0.3, 0.4) is 0 Å². The molecule has 0 N–H and O–H groups in total. The number of halogens is 1. The van der Waals surface area contributed by atoms with Crippen molar-refractivity contribution in [3.8, 4) is 12.3 Å². The van der Waals surface area contributed by atoms with Gasteiger partial charge in [-0.1, -0.05) is 5.92 Å². The third-order valence-electron chi connectivity index (χ3n) is 3.22. The lowest BCUT2D eigenvalue weighted by Crippen LogP contribution is -2.38. The van der Waals surface area contributed by atoms with Crippen LogP contribution in [-0.4, -0.2) is 34.2 Å². The van der Waals surface area contributed by atoms with Crippen LogP contribution in [0.25, 0.3) is 0 Å². The van der Waals surface area contributed by atoms with Gasteiger partial charge in [-0.25, -0.2) is 0 Å². The first kappa shape index (κ1) is 15.5. The van der Waals surface area contributed by atoms with E-state index in [9.17, 15) is 12.9 Å². The number of hydrogen-bond donors (Lipinski definition) is 0. The zero-order valence-corrected chi connectivity index (χ0v) is 12.3. The molecule has 5 nitrogen and oxygen atoms in total. The smallest absolute Gasteiger partial charge is 0.324 e. The molecule has 0 saturated carbocycles. The quantitative estimate of drug-likeness (QED) is 0.488. The largest absolute Gasteiger partial charge is 0.468 e. The van der Waals surface area contributed by atoms with Crippen LogP contribution in [0.15, 0.2) is 28.6 Å². The van der Waals surface area contributed by atoms with E-state index in [1.54, 1.807) is 12.1 Å². The first-order chi connectivity index (χ1) is 9.97. The molecule has 1 heterocycles. The number of hydrogen-bond acceptors (Lipinski definition) is 4. The third kappa shape index (κ3) is 3.40. The van der Waals surface area contributed by atoms with E-state index in [1.807, 2.05) is 0 Å². The van der Waals surface area contributed by atoms with Crippen molar-refractivity contribution in [2.75, 3.05) is 13.7 Å². The molecule has 0 spiro atoms. The summed E-state index contributed by atoms with van der Waals surface area (Å²) >= 11 is 0. The van der Waals surface area contributed by atoms with E-state index in [1.165, 1.54) is 19.2 Å². The van der Waals surface area contributed by atoms with E-state index in [0.717, 1.165) is 4.31 Å². The van der Waals surface area contributed by atoms with Gasteiger partial charge in [0, 0.05) is 12.1 Å². The fourth-order valence-corrected chi connectivity index (χ4v) is 3.53. The number of esters is 1. The van der Waals surface area contributed by atoms with Crippen molar-refractivity contribution < 1.29 is 17.6 Å². The summed E-state index contributed by atoms with van der Waals surface area (Å²) in [6.07, 6.45) is 6.19. The molecule has 0 amide bonds. The summed E-state index contributed by atoms with van der Waals surface area (Å²) in [5, 5.41) is 0. The zero-order chi connectivity index (χ0) is 15.5. The molecule has 21 heavy (non-hydrogen) atoms. The minimum absolute atomic E-state index is 0.195. The van der Waals surface area contributed by atoms with Crippen LogP contribution in [0, 0.1) is 12.3 Å². The molecule has 2 rings (SSSR count). The summed E-state index contributed by atoms with van der Waals surface area (Å²) in [6.45, 7) is 0.195. The van der Waals surface area contributed by atoms with Crippen LogP contribution in [0.1, 0.15) is 18.4 Å². The van der Waals surface area contributed by atoms with Gasteiger partial charge in [0.05, 0.1) is 12.8 Å². The first-order valence-corrected chi connectivity index (χ1v) is 7.73. The number of carbonyl (C=O) groups is 1. The SMILES string of the molecule is C#Cc1ccc(N=S(=O)(F)N2CCC[C@H]2C(=O)OC)cc1. The van der Waals surface area contributed by atoms with E-state index in [2.05, 4.69) is 15.0 Å². The van der Waals surface area contributed by atoms with Gasteiger partial charge in [0.25, 0.3) is 10.3 Å². The molecule has 1 aliphatic heterocycles. The van der Waals surface area contributed by atoms with Gasteiger partial charge in [-0.3, -0.25) is 4.79 Å². The molecule has 2 atom stereocenters. The van der Waals surface area contributed by atoms with E-state index in [-0.39, 0.29) is 12.2 Å². The lowest BCUT2D eigenvalue weighted by atomic mass is 10.2. The Bertz CT molecular complexity index is 687. The molecule has 0 aromatic heterocycles. The maximum absolute atomic E-state index is 14.4. The van der Waals surface area contributed by atoms with Crippen molar-refractivity contribution in [1.29, 1.82) is 0 Å². The highest BCUT2D eigenvalue weighted by atomic mass is 32.3. The second kappa shape index (κ2) is 6.24. The monoisotopic (exact) mass is 310 g/mol. The van der Waals surface area contributed by atoms with Crippen molar-refractivity contribution in [3.63, 3.8) is 0 Å². The minimum atomic E-state index is -4.18. The van der Waals surface area contributed by atoms with Crippen molar-refractivity contribution in [3.05, 3.63) is 29.8 Å². The normalized spacial score (nSPS) is 21.3. The summed E-state index contributed by atoms with van der Waals surface area (Å²) in [5.74, 6) is 1.82. The first-order valence-electron chi connectivity index (χ1n) is 6.36. The molecule has 0 bridgehead atoms. The number of terminal acetylenes is 1. The second-order valence-corrected chi connectivity index (χ2v) is 6.05. The van der Waals surface area contributed by atoms with Gasteiger partial charge < -0.3 is 4.74 Å². The van der Waals surface area contributed by atoms with Gasteiger partial charge in [-0.15, -0.1) is 10.3 Å². The zero-order valence-electron chi connectivity index (χ0n) is 11.5. The van der Waals surface area contributed by atoms with Crippen LogP contribution < -0.4 is 0 Å². The molecule has 1 saturated heterocycles. The van der Waals surface area contributed by atoms with Crippen LogP contribution in [0.5, 0.6) is 0 Å². The van der Waals surface area contributed by atoms with Gasteiger partial charge in [0.1, 0.15) is 6.04 Å². The van der Waals surface area contributed by atoms with Crippen molar-refractivity contribution >= 4 is 22.0 Å². The Morgan fingerprint density at radius 1 is 1.52 bits per heavy atom. The number of carbonyl (C=O) groups excluding carboxylic acids is 1. The lowest BCUT2D eigenvalue weighted by molar-refractivity contribution is -0.144. The molecule has 0 aliphatic carbocycles. The number of rotatable bonds is 3. The van der Waals surface area contributed by atoms with Crippen molar-refractivity contribution in [2.45, 2.75) is 18.9 Å². The maximum Gasteiger partial charge on any atom is 0.324 e. The molecule has 1 aromatic carbocycles. The molecule has 0 radical (unpaired) electrons. The van der Waals surface area contributed by atoms with Crippen LogP contribution in [0.2, 0.25) is 0 Å². The fraction of sp³-hybridized carbons (Fsp3) is 0.357. The highest BCUT2D eigenvalue weighted by Gasteiger charge is 2.38. The Morgan fingerprint density at radius 2 is 2.19 bits per heavy atom. The van der Waals surface area contributed by atoms with E-state index >= 15 is 0 Å². The Balaban J connectivity index is 2.31. The number of methoxy groups -OCH3 is 1. The minimum Gasteiger partial charge on any atom is -0.468 e. The van der Waals surface area contributed by atoms with Gasteiger partial charge in [-0.05, 0) is 37.1 Å². The van der Waals surface area contributed by atoms with Crippen LogP contribution >= 0.6 is 0 Å². The topological polar surface area (TPSA) is 59.0 Å². The molecule has 1 aromatic rings. The summed E-state index contributed by atoms with van der Waals surface area (Å²) in [6, 6.07) is 5.27. The van der Waals surface area contributed by atoms with Gasteiger partial charge in [0.2, 0.25) is 0 Å². The lowest BCUT2D eigenvalue weighted by Gasteiger charge is -2.20. The molecule has 1 aliphatic rings. The number of benzene rings is 1. The maximum atomic E-state index is 14.4. The van der Waals surface area contributed by atoms with Crippen molar-refractivity contribution in [2.24, 2.45) is 4.36 Å². The van der Waals surface area contributed by atoms with Crippen LogP contribution in [0.4, 0.5) is 9.57 Å². The molecule has 1 unspecified atom stereocenters. The van der Waals surface area contributed by atoms with Crippen molar-refractivity contribution in [1.82, 2.24) is 4.31 Å². The summed E-state index contributed by atoms with van der Waals surface area (Å²) in [5.41, 5.74) is 0.824. The van der Waals surface area contributed by atoms with Gasteiger partial charge >= 0.3 is 5.97 Å². The molecular weight excluding hydrogens is 295 g/mol. The molecular formula is C14H15FN2O3S. The Hall–Kier alpha value is -1.91. The molecule has 1 fully saturated rings. The summed E-state index contributed by atoms with van der Waals surface area (Å²) in [7, 11) is -2.96. The third-order valence-corrected chi connectivity index (χ3v) is 4.67. The van der Waals surface area contributed by atoms with E-state index in [4.69, 9.17) is 6.42 Å². The number of nitrogens with zero attached hydrogens (tertiary/aromatic N) is 2. The highest BCUT2D eigenvalue weighted by molar-refractivity contribution is 7.86. The average Bonchev–Trinajstić information content (AvgIpc) is 2.97. The predicted molar refractivity (Wildman–Crippen MR) is 77.5 cm³/mol. The Morgan fingerprint density at radius 3 is 2.76 bits per heavy atom. The Labute approximate surface area is 123 Å². The van der Waals surface area contributed by atoms with Crippen LogP contribution in [-0.2, 0) is 19.8 Å². The second-order valence-electron chi connectivity index (χ2n) is 4.54. The highest BCUT2D eigenvalue weighted by Crippen LogP contribution is 2.27. The predicted octanol–water partition coefficient (Wildman–Crippen LogP) is 2.20. The van der Waals surface area contributed by atoms with E-state index in [0.29, 0.717) is 18.4 Å². The standard InChI is InChI=1S/C14H15FN2O3S/c1-3-11-6-8-12(9-7-11)16-21(15,19)17-10-4-5-13(17)14(18)20-2/h1,6-9,13H,4-5,10H2,2H3/t13-,21?/m0/s1. The average molecular weight is 310 g/mol. The van der Waals surface area contributed by atoms with Gasteiger partial charge in [0.15, 0.2) is 0 Å². The summed E-state index contributed by atoms with van der Waals surface area (Å²) in [4.78, 5) is 11.6. The van der Waals surface area contributed by atoms with Gasteiger partial charge in [-0.2, -0.15) is 12.9 Å². The number of ether oxygens (including phenoxy) is 1. The molecule has 112 valence electrons. The molecule has 7 heteroatoms. The fourth-order valence-electron chi connectivity index (χ4n) is 2.18. The Kier molecular flexibility index (Phi) is 4.60. The van der Waals surface area contributed by atoms with E-state index < -0.39 is 22.3 Å².